The van der Waals surface area contributed by atoms with Crippen LogP contribution in [-0.4, -0.2) is 46.8 Å². The van der Waals surface area contributed by atoms with Crippen molar-refractivity contribution in [2.45, 2.75) is 40.2 Å². The van der Waals surface area contributed by atoms with E-state index in [0.717, 1.165) is 36.9 Å². The van der Waals surface area contributed by atoms with E-state index in [9.17, 15) is 4.79 Å². The summed E-state index contributed by atoms with van der Waals surface area (Å²) in [6.07, 6.45) is 2.53. The van der Waals surface area contributed by atoms with Crippen molar-refractivity contribution in [2.75, 3.05) is 31.9 Å². The minimum atomic E-state index is -0.00835. The highest BCUT2D eigenvalue weighted by Crippen LogP contribution is 2.15. The zero-order valence-corrected chi connectivity index (χ0v) is 13.4. The minimum absolute atomic E-state index is 0.00835. The molecule has 0 spiro atoms. The van der Waals surface area contributed by atoms with Crippen LogP contribution in [0.2, 0.25) is 0 Å². The molecule has 1 saturated heterocycles. The van der Waals surface area contributed by atoms with E-state index in [1.54, 1.807) is 4.68 Å². The Morgan fingerprint density at radius 2 is 2.05 bits per heavy atom. The van der Waals surface area contributed by atoms with Gasteiger partial charge in [-0.05, 0) is 45.7 Å². The third kappa shape index (κ3) is 4.20. The van der Waals surface area contributed by atoms with E-state index in [1.165, 1.54) is 12.8 Å². The van der Waals surface area contributed by atoms with E-state index in [0.29, 0.717) is 12.2 Å². The van der Waals surface area contributed by atoms with Crippen LogP contribution in [0.3, 0.4) is 0 Å². The second-order valence-corrected chi connectivity index (χ2v) is 6.12. The monoisotopic (exact) mass is 293 g/mol. The number of nitrogen functional groups attached to an aromatic ring is 1. The summed E-state index contributed by atoms with van der Waals surface area (Å²) in [6.45, 7) is 10.2. The Balaban J connectivity index is 1.71. The van der Waals surface area contributed by atoms with Crippen LogP contribution in [0.15, 0.2) is 0 Å². The van der Waals surface area contributed by atoms with Gasteiger partial charge in [0.25, 0.3) is 0 Å². The van der Waals surface area contributed by atoms with E-state index >= 15 is 0 Å². The molecule has 2 rings (SSSR count). The smallest absolute Gasteiger partial charge is 0.241 e. The van der Waals surface area contributed by atoms with Gasteiger partial charge in [0, 0.05) is 13.1 Å². The summed E-state index contributed by atoms with van der Waals surface area (Å²) in [7, 11) is 0. The van der Waals surface area contributed by atoms with Gasteiger partial charge in [-0.2, -0.15) is 5.10 Å². The molecule has 0 atom stereocenters. The number of likely N-dealkylation sites (tertiary alicyclic amines) is 1. The van der Waals surface area contributed by atoms with Crippen molar-refractivity contribution in [2.24, 2.45) is 5.92 Å². The second kappa shape index (κ2) is 6.93. The molecule has 1 amide bonds. The van der Waals surface area contributed by atoms with Crippen molar-refractivity contribution < 1.29 is 4.79 Å². The average Bonchev–Trinajstić information content (AvgIpc) is 2.68. The van der Waals surface area contributed by atoms with Gasteiger partial charge in [0.2, 0.25) is 5.91 Å². The molecule has 1 aromatic rings. The number of aryl methyl sites for hydroxylation is 1. The topological polar surface area (TPSA) is 76.2 Å². The van der Waals surface area contributed by atoms with Gasteiger partial charge in [-0.15, -0.1) is 0 Å². The Bertz CT molecular complexity index is 488. The lowest BCUT2D eigenvalue weighted by molar-refractivity contribution is -0.121. The largest absolute Gasteiger partial charge is 0.396 e. The number of amides is 1. The quantitative estimate of drug-likeness (QED) is 0.847. The van der Waals surface area contributed by atoms with Crippen LogP contribution >= 0.6 is 0 Å². The van der Waals surface area contributed by atoms with Gasteiger partial charge in [0.05, 0.1) is 17.1 Å². The molecule has 21 heavy (non-hydrogen) atoms. The molecule has 2 heterocycles. The number of nitrogens with two attached hydrogens (primary N) is 1. The maximum absolute atomic E-state index is 11.9. The van der Waals surface area contributed by atoms with Gasteiger partial charge in [0.1, 0.15) is 6.54 Å². The summed E-state index contributed by atoms with van der Waals surface area (Å²) in [5, 5.41) is 7.24. The number of aromatic nitrogens is 2. The molecule has 6 nitrogen and oxygen atoms in total. The summed E-state index contributed by atoms with van der Waals surface area (Å²) < 4.78 is 1.67. The molecule has 118 valence electrons. The van der Waals surface area contributed by atoms with Gasteiger partial charge in [-0.25, -0.2) is 0 Å². The van der Waals surface area contributed by atoms with Gasteiger partial charge >= 0.3 is 0 Å². The highest BCUT2D eigenvalue weighted by atomic mass is 16.2. The lowest BCUT2D eigenvalue weighted by atomic mass is 9.99. The van der Waals surface area contributed by atoms with Gasteiger partial charge in [0.15, 0.2) is 0 Å². The van der Waals surface area contributed by atoms with Crippen LogP contribution in [0.25, 0.3) is 0 Å². The average molecular weight is 293 g/mol. The number of nitrogens with zero attached hydrogens (tertiary/aromatic N) is 3. The SMILES string of the molecule is Cc1nn(CC(=O)NCCN2CCC(C)CC2)c(C)c1N. The zero-order valence-electron chi connectivity index (χ0n) is 13.4. The number of hydrogen-bond acceptors (Lipinski definition) is 4. The molecule has 6 heteroatoms. The minimum Gasteiger partial charge on any atom is -0.396 e. The number of carbonyl (C=O) groups excluding carboxylic acids is 1. The van der Waals surface area contributed by atoms with E-state index < -0.39 is 0 Å². The van der Waals surface area contributed by atoms with Crippen LogP contribution in [0.1, 0.15) is 31.2 Å². The third-order valence-corrected chi connectivity index (χ3v) is 4.36. The molecule has 1 fully saturated rings. The third-order valence-electron chi connectivity index (χ3n) is 4.36. The predicted molar refractivity (Wildman–Crippen MR) is 84.0 cm³/mol. The fourth-order valence-corrected chi connectivity index (χ4v) is 2.70. The summed E-state index contributed by atoms with van der Waals surface area (Å²) in [5.41, 5.74) is 8.17. The normalized spacial score (nSPS) is 17.1. The molecule has 0 radical (unpaired) electrons. The Hall–Kier alpha value is -1.56. The van der Waals surface area contributed by atoms with Gasteiger partial charge in [-0.3, -0.25) is 9.48 Å². The van der Waals surface area contributed by atoms with Crippen molar-refractivity contribution in [1.29, 1.82) is 0 Å². The highest BCUT2D eigenvalue weighted by Gasteiger charge is 2.15. The van der Waals surface area contributed by atoms with Crippen molar-refractivity contribution in [1.82, 2.24) is 20.0 Å². The van der Waals surface area contributed by atoms with E-state index in [-0.39, 0.29) is 12.5 Å². The first-order chi connectivity index (χ1) is 9.97. The molecule has 0 aromatic carbocycles. The first-order valence-corrected chi connectivity index (χ1v) is 7.76. The van der Waals surface area contributed by atoms with Crippen LogP contribution < -0.4 is 11.1 Å². The number of rotatable bonds is 5. The number of nitrogens with one attached hydrogen (secondary N) is 1. The Morgan fingerprint density at radius 3 is 2.62 bits per heavy atom. The first kappa shape index (κ1) is 15.8. The molecule has 1 aromatic heterocycles. The summed E-state index contributed by atoms with van der Waals surface area (Å²) in [5.74, 6) is 0.832. The molecule has 1 aliphatic rings. The molecular weight excluding hydrogens is 266 g/mol. The van der Waals surface area contributed by atoms with E-state index in [4.69, 9.17) is 5.73 Å². The first-order valence-electron chi connectivity index (χ1n) is 7.76. The van der Waals surface area contributed by atoms with Gasteiger partial charge in [-0.1, -0.05) is 6.92 Å². The number of carbonyl (C=O) groups is 1. The van der Waals surface area contributed by atoms with Crippen LogP contribution in [0, 0.1) is 19.8 Å². The summed E-state index contributed by atoms with van der Waals surface area (Å²) in [4.78, 5) is 14.4. The molecule has 0 bridgehead atoms. The van der Waals surface area contributed by atoms with Crippen molar-refractivity contribution in [3.8, 4) is 0 Å². The fraction of sp³-hybridized carbons (Fsp3) is 0.733. The molecule has 0 aliphatic carbocycles. The molecule has 0 saturated carbocycles. The molecule has 0 unspecified atom stereocenters. The number of hydrogen-bond donors (Lipinski definition) is 2. The molecule has 1 aliphatic heterocycles. The summed E-state index contributed by atoms with van der Waals surface area (Å²) in [6, 6.07) is 0. The Labute approximate surface area is 126 Å². The van der Waals surface area contributed by atoms with Crippen LogP contribution in [-0.2, 0) is 11.3 Å². The number of anilines is 1. The lowest BCUT2D eigenvalue weighted by Gasteiger charge is -2.30. The van der Waals surface area contributed by atoms with E-state index in [1.807, 2.05) is 13.8 Å². The van der Waals surface area contributed by atoms with Crippen molar-refractivity contribution in [3.63, 3.8) is 0 Å². The maximum atomic E-state index is 11.9. The van der Waals surface area contributed by atoms with E-state index in [2.05, 4.69) is 22.2 Å². The zero-order chi connectivity index (χ0) is 15.4. The lowest BCUT2D eigenvalue weighted by Crippen LogP contribution is -2.40. The highest BCUT2D eigenvalue weighted by molar-refractivity contribution is 5.75. The number of piperidine rings is 1. The van der Waals surface area contributed by atoms with Crippen molar-refractivity contribution >= 4 is 11.6 Å². The van der Waals surface area contributed by atoms with Crippen molar-refractivity contribution in [3.05, 3.63) is 11.4 Å². The van der Waals surface area contributed by atoms with Gasteiger partial charge < -0.3 is 16.0 Å². The predicted octanol–water partition coefficient (Wildman–Crippen LogP) is 0.930. The molecule has 3 N–H and O–H groups in total. The maximum Gasteiger partial charge on any atom is 0.241 e. The fourth-order valence-electron chi connectivity index (χ4n) is 2.70. The second-order valence-electron chi connectivity index (χ2n) is 6.12. The Morgan fingerprint density at radius 1 is 1.38 bits per heavy atom. The molecular formula is C15H27N5O. The summed E-state index contributed by atoms with van der Waals surface area (Å²) >= 11 is 0. The van der Waals surface area contributed by atoms with Crippen LogP contribution in [0.5, 0.6) is 0 Å². The van der Waals surface area contributed by atoms with Crippen LogP contribution in [0.4, 0.5) is 5.69 Å². The standard InChI is InChI=1S/C15H27N5O/c1-11-4-7-19(8-5-11)9-6-17-14(21)10-20-13(3)15(16)12(2)18-20/h11H,4-10,16H2,1-3H3,(H,17,21). The Kier molecular flexibility index (Phi) is 5.22.